The molecule has 1 aromatic rings. The molecule has 0 radical (unpaired) electrons. The molecule has 90 valence electrons. The zero-order valence-corrected chi connectivity index (χ0v) is 10.1. The minimum Gasteiger partial charge on any atom is -0.483 e. The van der Waals surface area contributed by atoms with E-state index in [-0.39, 0.29) is 0 Å². The molecule has 1 fully saturated rings. The second-order valence-corrected chi connectivity index (χ2v) is 4.50. The first-order chi connectivity index (χ1) is 8.34. The fourth-order valence-corrected chi connectivity index (χ4v) is 2.32. The van der Waals surface area contributed by atoms with Gasteiger partial charge in [0, 0.05) is 26.2 Å². The Hall–Kier alpha value is -1.55. The number of ether oxygens (including phenoxy) is 1. The Balaban J connectivity index is 1.97. The highest BCUT2D eigenvalue weighted by Gasteiger charge is 2.19. The van der Waals surface area contributed by atoms with E-state index in [1.54, 1.807) is 0 Å². The number of aliphatic imine (C=N–C) groups is 1. The van der Waals surface area contributed by atoms with Crippen molar-refractivity contribution >= 4 is 17.1 Å². The quantitative estimate of drug-likeness (QED) is 0.797. The summed E-state index contributed by atoms with van der Waals surface area (Å²) >= 11 is 0. The smallest absolute Gasteiger partial charge is 0.168 e. The highest BCUT2D eigenvalue weighted by molar-refractivity contribution is 5.90. The number of fused-ring (bicyclic) bond motifs is 1. The van der Waals surface area contributed by atoms with Gasteiger partial charge in [-0.3, -0.25) is 4.99 Å². The fourth-order valence-electron chi connectivity index (χ4n) is 2.32. The third-order valence-corrected chi connectivity index (χ3v) is 3.17. The molecule has 4 nitrogen and oxygen atoms in total. The summed E-state index contributed by atoms with van der Waals surface area (Å²) in [6.07, 6.45) is 0. The molecule has 0 amide bonds. The summed E-state index contributed by atoms with van der Waals surface area (Å²) in [4.78, 5) is 6.92. The highest BCUT2D eigenvalue weighted by Crippen LogP contribution is 2.39. The van der Waals surface area contributed by atoms with Gasteiger partial charge < -0.3 is 15.0 Å². The largest absolute Gasteiger partial charge is 0.483 e. The van der Waals surface area contributed by atoms with E-state index in [0.29, 0.717) is 6.61 Å². The van der Waals surface area contributed by atoms with Crippen molar-refractivity contribution in [2.24, 2.45) is 4.99 Å². The van der Waals surface area contributed by atoms with E-state index < -0.39 is 0 Å². The van der Waals surface area contributed by atoms with E-state index in [4.69, 9.17) is 4.74 Å². The number of benzene rings is 1. The number of rotatable bonds is 1. The van der Waals surface area contributed by atoms with E-state index in [9.17, 15) is 0 Å². The topological polar surface area (TPSA) is 36.9 Å². The van der Waals surface area contributed by atoms with Crippen LogP contribution in [0, 0.1) is 0 Å². The van der Waals surface area contributed by atoms with Crippen LogP contribution in [0.25, 0.3) is 0 Å². The van der Waals surface area contributed by atoms with Gasteiger partial charge in [-0.15, -0.1) is 0 Å². The van der Waals surface area contributed by atoms with Gasteiger partial charge in [0.2, 0.25) is 0 Å². The van der Waals surface area contributed by atoms with Crippen LogP contribution >= 0.6 is 0 Å². The van der Waals surface area contributed by atoms with E-state index in [1.807, 2.05) is 13.0 Å². The molecule has 4 heteroatoms. The van der Waals surface area contributed by atoms with Gasteiger partial charge >= 0.3 is 0 Å². The molecule has 0 atom stereocenters. The van der Waals surface area contributed by atoms with Gasteiger partial charge in [-0.05, 0) is 19.1 Å². The van der Waals surface area contributed by atoms with Crippen LogP contribution in [0.15, 0.2) is 23.2 Å². The van der Waals surface area contributed by atoms with E-state index in [0.717, 1.165) is 43.3 Å². The monoisotopic (exact) mass is 231 g/mol. The third kappa shape index (κ3) is 2.00. The zero-order valence-electron chi connectivity index (χ0n) is 10.1. The lowest BCUT2D eigenvalue weighted by Gasteiger charge is -2.31. The molecule has 1 saturated heterocycles. The lowest BCUT2D eigenvalue weighted by atomic mass is 10.2. The van der Waals surface area contributed by atoms with Crippen LogP contribution in [0.4, 0.5) is 11.4 Å². The number of nitrogens with zero attached hydrogens (tertiary/aromatic N) is 2. The van der Waals surface area contributed by atoms with E-state index >= 15 is 0 Å². The van der Waals surface area contributed by atoms with Crippen molar-refractivity contribution in [3.8, 4) is 5.75 Å². The molecule has 0 bridgehead atoms. The van der Waals surface area contributed by atoms with Crippen molar-refractivity contribution in [3.05, 3.63) is 18.2 Å². The van der Waals surface area contributed by atoms with Crippen molar-refractivity contribution in [2.45, 2.75) is 6.92 Å². The van der Waals surface area contributed by atoms with Crippen LogP contribution in [-0.4, -0.2) is 38.5 Å². The molecular formula is C13H17N3O. The number of para-hydroxylation sites is 1. The van der Waals surface area contributed by atoms with Gasteiger partial charge in [0.15, 0.2) is 5.75 Å². The molecule has 0 aliphatic carbocycles. The Morgan fingerprint density at radius 2 is 2.12 bits per heavy atom. The Morgan fingerprint density at radius 1 is 1.29 bits per heavy atom. The third-order valence-electron chi connectivity index (χ3n) is 3.17. The van der Waals surface area contributed by atoms with Crippen LogP contribution in [0.3, 0.4) is 0 Å². The molecule has 0 unspecified atom stereocenters. The SMILES string of the molecule is CC1=Nc2cccc(N3CCNCC3)c2OC1. The number of hydrogen-bond acceptors (Lipinski definition) is 4. The van der Waals surface area contributed by atoms with E-state index in [1.165, 1.54) is 5.69 Å². The van der Waals surface area contributed by atoms with Crippen LogP contribution in [0.1, 0.15) is 6.92 Å². The molecule has 0 aromatic heterocycles. The maximum atomic E-state index is 5.83. The van der Waals surface area contributed by atoms with Crippen molar-refractivity contribution in [1.82, 2.24) is 5.32 Å². The first-order valence-electron chi connectivity index (χ1n) is 6.10. The van der Waals surface area contributed by atoms with Crippen LogP contribution in [0.2, 0.25) is 0 Å². The molecule has 1 aromatic carbocycles. The van der Waals surface area contributed by atoms with Crippen molar-refractivity contribution in [3.63, 3.8) is 0 Å². The first kappa shape index (κ1) is 10.6. The van der Waals surface area contributed by atoms with Gasteiger partial charge in [-0.1, -0.05) is 6.07 Å². The average Bonchev–Trinajstić information content (AvgIpc) is 2.39. The summed E-state index contributed by atoms with van der Waals surface area (Å²) in [6, 6.07) is 6.20. The van der Waals surface area contributed by atoms with Crippen molar-refractivity contribution in [2.75, 3.05) is 37.7 Å². The van der Waals surface area contributed by atoms with Crippen LogP contribution < -0.4 is 15.0 Å². The van der Waals surface area contributed by atoms with E-state index in [2.05, 4.69) is 27.3 Å². The van der Waals surface area contributed by atoms with Crippen LogP contribution in [0.5, 0.6) is 5.75 Å². The van der Waals surface area contributed by atoms with Gasteiger partial charge in [-0.2, -0.15) is 0 Å². The second-order valence-electron chi connectivity index (χ2n) is 4.50. The number of anilines is 1. The molecule has 2 aliphatic heterocycles. The molecule has 3 rings (SSSR count). The Bertz CT molecular complexity index is 450. The summed E-state index contributed by atoms with van der Waals surface area (Å²) in [5.74, 6) is 0.944. The normalized spacial score (nSPS) is 19.4. The molecular weight excluding hydrogens is 214 g/mol. The molecule has 2 aliphatic rings. The summed E-state index contributed by atoms with van der Waals surface area (Å²) in [5.41, 5.74) is 3.18. The zero-order chi connectivity index (χ0) is 11.7. The standard InChI is InChI=1S/C13H17N3O/c1-10-9-17-13-11(15-10)3-2-4-12(13)16-7-5-14-6-8-16/h2-4,14H,5-9H2,1H3. The summed E-state index contributed by atoms with van der Waals surface area (Å²) < 4.78 is 5.83. The van der Waals surface area contributed by atoms with Crippen molar-refractivity contribution < 1.29 is 4.74 Å². The van der Waals surface area contributed by atoms with Gasteiger partial charge in [0.05, 0.1) is 11.4 Å². The van der Waals surface area contributed by atoms with Gasteiger partial charge in [0.25, 0.3) is 0 Å². The highest BCUT2D eigenvalue weighted by atomic mass is 16.5. The molecule has 17 heavy (non-hydrogen) atoms. The van der Waals surface area contributed by atoms with Gasteiger partial charge in [-0.25, -0.2) is 0 Å². The molecule has 0 spiro atoms. The fraction of sp³-hybridized carbons (Fsp3) is 0.462. The predicted molar refractivity (Wildman–Crippen MR) is 69.8 cm³/mol. The molecule has 2 heterocycles. The Labute approximate surface area is 101 Å². The maximum Gasteiger partial charge on any atom is 0.168 e. The molecule has 1 N–H and O–H groups in total. The Morgan fingerprint density at radius 3 is 2.94 bits per heavy atom. The van der Waals surface area contributed by atoms with Crippen LogP contribution in [-0.2, 0) is 0 Å². The lowest BCUT2D eigenvalue weighted by molar-refractivity contribution is 0.371. The second kappa shape index (κ2) is 4.37. The lowest BCUT2D eigenvalue weighted by Crippen LogP contribution is -2.43. The number of piperazine rings is 1. The summed E-state index contributed by atoms with van der Waals surface area (Å²) in [5, 5.41) is 3.36. The van der Waals surface area contributed by atoms with Crippen molar-refractivity contribution in [1.29, 1.82) is 0 Å². The Kier molecular flexibility index (Phi) is 2.73. The minimum absolute atomic E-state index is 0.607. The number of nitrogens with one attached hydrogen (secondary N) is 1. The summed E-state index contributed by atoms with van der Waals surface area (Å²) in [7, 11) is 0. The minimum atomic E-state index is 0.607. The average molecular weight is 231 g/mol. The summed E-state index contributed by atoms with van der Waals surface area (Å²) in [6.45, 7) is 6.74. The maximum absolute atomic E-state index is 5.83. The first-order valence-corrected chi connectivity index (χ1v) is 6.10. The molecule has 0 saturated carbocycles. The predicted octanol–water partition coefficient (Wildman–Crippen LogP) is 1.58. The van der Waals surface area contributed by atoms with Gasteiger partial charge in [0.1, 0.15) is 12.3 Å². The number of hydrogen-bond donors (Lipinski definition) is 1.